The normalized spacial score (nSPS) is 12.2. The fourth-order valence-electron chi connectivity index (χ4n) is 5.11. The van der Waals surface area contributed by atoms with Gasteiger partial charge in [0.2, 0.25) is 17.7 Å². The number of aliphatic imine (C=N–C) groups is 1. The second kappa shape index (κ2) is 15.5. The van der Waals surface area contributed by atoms with Gasteiger partial charge < -0.3 is 37.7 Å². The SMILES string of the molecule is CC(=O)N[C@H](CCCN=C(N)N)C(=O)N[C@H](Cc1ccccc1)C(=O)Nc1ccc2c(c1)c(CN)cn2Cc1ccc(F)cc1. The molecule has 0 radical (unpaired) electrons. The number of nitrogens with two attached hydrogens (primary N) is 3. The predicted molar refractivity (Wildman–Crippen MR) is 174 cm³/mol. The molecular formula is C33H39FN8O3. The summed E-state index contributed by atoms with van der Waals surface area (Å²) in [6.07, 6.45) is 2.89. The van der Waals surface area contributed by atoms with Crippen LogP contribution in [0.25, 0.3) is 10.9 Å². The van der Waals surface area contributed by atoms with Gasteiger partial charge in [-0.15, -0.1) is 0 Å². The van der Waals surface area contributed by atoms with Crippen molar-refractivity contribution in [2.75, 3.05) is 11.9 Å². The lowest BCUT2D eigenvalue weighted by atomic mass is 10.0. The number of nitrogens with one attached hydrogen (secondary N) is 3. The van der Waals surface area contributed by atoms with Crippen LogP contribution in [0.3, 0.4) is 0 Å². The lowest BCUT2D eigenvalue weighted by Crippen LogP contribution is -2.53. The topological polar surface area (TPSA) is 183 Å². The van der Waals surface area contributed by atoms with Crippen LogP contribution >= 0.6 is 0 Å². The van der Waals surface area contributed by atoms with Crippen molar-refractivity contribution in [1.82, 2.24) is 15.2 Å². The largest absolute Gasteiger partial charge is 0.370 e. The molecule has 0 spiro atoms. The minimum atomic E-state index is -0.943. The number of nitrogens with zero attached hydrogens (tertiary/aromatic N) is 2. The Kier molecular flexibility index (Phi) is 11.2. The first-order chi connectivity index (χ1) is 21.6. The number of amides is 3. The summed E-state index contributed by atoms with van der Waals surface area (Å²) in [5.41, 5.74) is 20.9. The molecule has 0 aliphatic carbocycles. The molecule has 2 atom stereocenters. The van der Waals surface area contributed by atoms with Gasteiger partial charge in [-0.1, -0.05) is 42.5 Å². The van der Waals surface area contributed by atoms with E-state index in [4.69, 9.17) is 17.2 Å². The third-order valence-corrected chi connectivity index (χ3v) is 7.27. The van der Waals surface area contributed by atoms with Crippen molar-refractivity contribution < 1.29 is 18.8 Å². The standard InChI is InChI=1S/C33H39FN8O3/c1-21(43)39-28(8-5-15-38-33(36)37)31(44)41-29(16-22-6-3-2-4-7-22)32(45)40-26-13-14-30-27(17-26)24(18-35)20-42(30)19-23-9-11-25(34)12-10-23/h2-4,6-7,9-14,17,20,28-29H,5,8,15-16,18-19,35H2,1H3,(H,39,43)(H,40,45)(H,41,44)(H4,36,37,38)/t28-,29-/m1/s1. The number of fused-ring (bicyclic) bond motifs is 1. The van der Waals surface area contributed by atoms with Crippen LogP contribution < -0.4 is 33.2 Å². The van der Waals surface area contributed by atoms with Crippen LogP contribution in [0.1, 0.15) is 36.5 Å². The molecule has 11 nitrogen and oxygen atoms in total. The van der Waals surface area contributed by atoms with Gasteiger partial charge in [0, 0.05) is 55.8 Å². The number of halogens is 1. The van der Waals surface area contributed by atoms with Gasteiger partial charge in [0.1, 0.15) is 17.9 Å². The van der Waals surface area contributed by atoms with Crippen LogP contribution in [0.5, 0.6) is 0 Å². The van der Waals surface area contributed by atoms with Gasteiger partial charge in [0.25, 0.3) is 0 Å². The van der Waals surface area contributed by atoms with Gasteiger partial charge in [-0.25, -0.2) is 4.39 Å². The Hall–Kier alpha value is -5.23. The van der Waals surface area contributed by atoms with E-state index in [1.807, 2.05) is 53.2 Å². The Morgan fingerprint density at radius 2 is 1.64 bits per heavy atom. The van der Waals surface area contributed by atoms with E-state index in [9.17, 15) is 18.8 Å². The number of carbonyl (C=O) groups excluding carboxylic acids is 3. The fourth-order valence-corrected chi connectivity index (χ4v) is 5.11. The Labute approximate surface area is 261 Å². The molecule has 45 heavy (non-hydrogen) atoms. The molecule has 0 aliphatic heterocycles. The summed E-state index contributed by atoms with van der Waals surface area (Å²) in [6, 6.07) is 19.3. The Bertz CT molecular complexity index is 1650. The van der Waals surface area contributed by atoms with Crippen LogP contribution in [-0.4, -0.2) is 46.9 Å². The molecule has 4 rings (SSSR count). The summed E-state index contributed by atoms with van der Waals surface area (Å²) >= 11 is 0. The summed E-state index contributed by atoms with van der Waals surface area (Å²) in [4.78, 5) is 42.8. The zero-order valence-electron chi connectivity index (χ0n) is 25.1. The fraction of sp³-hybridized carbons (Fsp3) is 0.273. The predicted octanol–water partition coefficient (Wildman–Crippen LogP) is 2.51. The molecule has 3 amide bonds. The summed E-state index contributed by atoms with van der Waals surface area (Å²) < 4.78 is 15.4. The molecule has 0 unspecified atom stereocenters. The molecule has 0 bridgehead atoms. The highest BCUT2D eigenvalue weighted by atomic mass is 19.1. The maximum absolute atomic E-state index is 13.7. The van der Waals surface area contributed by atoms with Crippen LogP contribution in [0.4, 0.5) is 10.1 Å². The van der Waals surface area contributed by atoms with Gasteiger partial charge >= 0.3 is 0 Å². The van der Waals surface area contributed by atoms with E-state index in [0.29, 0.717) is 25.2 Å². The van der Waals surface area contributed by atoms with E-state index in [1.165, 1.54) is 19.1 Å². The zero-order chi connectivity index (χ0) is 32.3. The van der Waals surface area contributed by atoms with Gasteiger partial charge in [-0.05, 0) is 59.9 Å². The quantitative estimate of drug-likeness (QED) is 0.0721. The van der Waals surface area contributed by atoms with E-state index in [1.54, 1.807) is 18.2 Å². The monoisotopic (exact) mass is 614 g/mol. The number of guanidine groups is 1. The first-order valence-corrected chi connectivity index (χ1v) is 14.7. The average Bonchev–Trinajstić information content (AvgIpc) is 3.36. The molecule has 1 heterocycles. The number of benzene rings is 3. The van der Waals surface area contributed by atoms with Crippen molar-refractivity contribution in [3.8, 4) is 0 Å². The van der Waals surface area contributed by atoms with Gasteiger partial charge in [0.05, 0.1) is 0 Å². The van der Waals surface area contributed by atoms with Crippen molar-refractivity contribution >= 4 is 40.3 Å². The van der Waals surface area contributed by atoms with E-state index < -0.39 is 23.9 Å². The van der Waals surface area contributed by atoms with Gasteiger partial charge in [0.15, 0.2) is 5.96 Å². The number of hydrogen-bond acceptors (Lipinski definition) is 5. The highest BCUT2D eigenvalue weighted by Crippen LogP contribution is 2.26. The summed E-state index contributed by atoms with van der Waals surface area (Å²) in [7, 11) is 0. The first kappa shape index (κ1) is 32.7. The van der Waals surface area contributed by atoms with E-state index >= 15 is 0 Å². The Morgan fingerprint density at radius 1 is 0.911 bits per heavy atom. The molecule has 236 valence electrons. The van der Waals surface area contributed by atoms with Crippen LogP contribution in [0.2, 0.25) is 0 Å². The third kappa shape index (κ3) is 9.38. The molecule has 3 aromatic carbocycles. The van der Waals surface area contributed by atoms with Crippen molar-refractivity contribution in [2.45, 2.75) is 51.4 Å². The molecule has 0 saturated carbocycles. The summed E-state index contributed by atoms with van der Waals surface area (Å²) in [5, 5.41) is 9.30. The second-order valence-corrected chi connectivity index (χ2v) is 10.8. The van der Waals surface area contributed by atoms with E-state index in [0.717, 1.165) is 27.6 Å². The highest BCUT2D eigenvalue weighted by Gasteiger charge is 2.27. The van der Waals surface area contributed by atoms with Crippen LogP contribution in [-0.2, 0) is 33.9 Å². The van der Waals surface area contributed by atoms with Gasteiger partial charge in [-0.2, -0.15) is 0 Å². The number of hydrogen-bond donors (Lipinski definition) is 6. The molecule has 1 aromatic heterocycles. The smallest absolute Gasteiger partial charge is 0.247 e. The molecular weight excluding hydrogens is 575 g/mol. The minimum Gasteiger partial charge on any atom is -0.370 e. The number of carbonyl (C=O) groups is 3. The lowest BCUT2D eigenvalue weighted by molar-refractivity contribution is -0.130. The number of rotatable bonds is 14. The lowest BCUT2D eigenvalue weighted by Gasteiger charge is -2.23. The van der Waals surface area contributed by atoms with E-state index in [-0.39, 0.29) is 37.1 Å². The highest BCUT2D eigenvalue weighted by molar-refractivity contribution is 6.00. The van der Waals surface area contributed by atoms with Crippen LogP contribution in [0, 0.1) is 5.82 Å². The van der Waals surface area contributed by atoms with Gasteiger partial charge in [-0.3, -0.25) is 19.4 Å². The Balaban J connectivity index is 1.54. The zero-order valence-corrected chi connectivity index (χ0v) is 25.1. The summed E-state index contributed by atoms with van der Waals surface area (Å²) in [5.74, 6) is -1.65. The maximum Gasteiger partial charge on any atom is 0.247 e. The average molecular weight is 615 g/mol. The number of aromatic nitrogens is 1. The molecule has 9 N–H and O–H groups in total. The molecule has 0 aliphatic rings. The Morgan fingerprint density at radius 3 is 2.31 bits per heavy atom. The van der Waals surface area contributed by atoms with E-state index in [2.05, 4.69) is 20.9 Å². The molecule has 0 saturated heterocycles. The minimum absolute atomic E-state index is 0.0589. The number of anilines is 1. The molecule has 4 aromatic rings. The summed E-state index contributed by atoms with van der Waals surface area (Å²) in [6.45, 7) is 2.42. The van der Waals surface area contributed by atoms with Crippen molar-refractivity contribution in [3.05, 3.63) is 102 Å². The third-order valence-electron chi connectivity index (χ3n) is 7.27. The molecule has 12 heteroatoms. The van der Waals surface area contributed by atoms with Crippen molar-refractivity contribution in [1.29, 1.82) is 0 Å². The van der Waals surface area contributed by atoms with Crippen LogP contribution in [0.15, 0.2) is 84.0 Å². The molecule has 0 fully saturated rings. The van der Waals surface area contributed by atoms with Crippen molar-refractivity contribution in [3.63, 3.8) is 0 Å². The first-order valence-electron chi connectivity index (χ1n) is 14.7. The maximum atomic E-state index is 13.7. The second-order valence-electron chi connectivity index (χ2n) is 10.8. The van der Waals surface area contributed by atoms with Crippen molar-refractivity contribution in [2.24, 2.45) is 22.2 Å².